The number of carbonyl (C=O) groups excluding carboxylic acids is 2. The second kappa shape index (κ2) is 7.92. The van der Waals surface area contributed by atoms with Crippen molar-refractivity contribution in [3.05, 3.63) is 59.4 Å². The normalized spacial score (nSPS) is 17.2. The number of ether oxygens (including phenoxy) is 1. The van der Waals surface area contributed by atoms with Crippen molar-refractivity contribution in [3.8, 4) is 5.75 Å². The Morgan fingerprint density at radius 1 is 1.32 bits per heavy atom. The molecule has 0 spiro atoms. The predicted octanol–water partition coefficient (Wildman–Crippen LogP) is 3.28. The third kappa shape index (κ3) is 3.87. The zero-order valence-corrected chi connectivity index (χ0v) is 14.4. The van der Waals surface area contributed by atoms with Crippen molar-refractivity contribution in [1.82, 2.24) is 9.88 Å². The molecule has 1 atom stereocenters. The van der Waals surface area contributed by atoms with E-state index in [0.717, 1.165) is 37.7 Å². The first-order valence-electron chi connectivity index (χ1n) is 8.59. The highest BCUT2D eigenvalue weighted by Crippen LogP contribution is 2.24. The maximum absolute atomic E-state index is 12.8. The Kier molecular flexibility index (Phi) is 5.43. The third-order valence-corrected chi connectivity index (χ3v) is 4.63. The number of pyridine rings is 1. The molecular weight excluding hydrogens is 316 g/mol. The lowest BCUT2D eigenvalue weighted by Crippen LogP contribution is -2.46. The first-order valence-corrected chi connectivity index (χ1v) is 8.59. The number of rotatable bonds is 5. The molecule has 0 aliphatic carbocycles. The van der Waals surface area contributed by atoms with E-state index in [1.807, 2.05) is 24.0 Å². The summed E-state index contributed by atoms with van der Waals surface area (Å²) in [7, 11) is 0. The van der Waals surface area contributed by atoms with Gasteiger partial charge in [-0.3, -0.25) is 14.6 Å². The SMILES string of the molecule is Cc1cccc(OC[C@@H]2CCCCN2C(=O)c2cccnc2)c1C=O. The fraction of sp³-hybridized carbons (Fsp3) is 0.350. The predicted molar refractivity (Wildman–Crippen MR) is 95.0 cm³/mol. The zero-order chi connectivity index (χ0) is 17.6. The maximum atomic E-state index is 12.8. The average Bonchev–Trinajstić information content (AvgIpc) is 2.67. The molecule has 0 radical (unpaired) electrons. The van der Waals surface area contributed by atoms with Crippen molar-refractivity contribution in [3.63, 3.8) is 0 Å². The van der Waals surface area contributed by atoms with Crippen LogP contribution in [0.3, 0.4) is 0 Å². The van der Waals surface area contributed by atoms with Gasteiger partial charge in [0.2, 0.25) is 0 Å². The van der Waals surface area contributed by atoms with Crippen molar-refractivity contribution in [1.29, 1.82) is 0 Å². The first-order chi connectivity index (χ1) is 12.2. The Morgan fingerprint density at radius 3 is 2.96 bits per heavy atom. The van der Waals surface area contributed by atoms with E-state index >= 15 is 0 Å². The smallest absolute Gasteiger partial charge is 0.255 e. The number of carbonyl (C=O) groups is 2. The van der Waals surface area contributed by atoms with Crippen LogP contribution in [0.4, 0.5) is 0 Å². The molecule has 1 aromatic carbocycles. The average molecular weight is 338 g/mol. The van der Waals surface area contributed by atoms with E-state index in [1.54, 1.807) is 30.6 Å². The van der Waals surface area contributed by atoms with Gasteiger partial charge in [0.15, 0.2) is 6.29 Å². The molecule has 1 amide bonds. The lowest BCUT2D eigenvalue weighted by Gasteiger charge is -2.35. The number of piperidine rings is 1. The van der Waals surface area contributed by atoms with Gasteiger partial charge in [-0.15, -0.1) is 0 Å². The van der Waals surface area contributed by atoms with Crippen molar-refractivity contribution < 1.29 is 14.3 Å². The van der Waals surface area contributed by atoms with Gasteiger partial charge in [0.1, 0.15) is 12.4 Å². The topological polar surface area (TPSA) is 59.5 Å². The second-order valence-corrected chi connectivity index (χ2v) is 6.31. The molecule has 5 heteroatoms. The number of nitrogens with zero attached hydrogens (tertiary/aromatic N) is 2. The lowest BCUT2D eigenvalue weighted by atomic mass is 10.0. The number of likely N-dealkylation sites (tertiary alicyclic amines) is 1. The molecule has 1 saturated heterocycles. The molecule has 0 saturated carbocycles. The van der Waals surface area contributed by atoms with Crippen LogP contribution in [0.2, 0.25) is 0 Å². The molecular formula is C20H22N2O3. The van der Waals surface area contributed by atoms with Crippen molar-refractivity contribution in [2.24, 2.45) is 0 Å². The summed E-state index contributed by atoms with van der Waals surface area (Å²) < 4.78 is 5.92. The lowest BCUT2D eigenvalue weighted by molar-refractivity contribution is 0.0526. The van der Waals surface area contributed by atoms with Gasteiger partial charge in [-0.05, 0) is 49.9 Å². The van der Waals surface area contributed by atoms with E-state index in [9.17, 15) is 9.59 Å². The number of aldehydes is 1. The molecule has 0 bridgehead atoms. The minimum absolute atomic E-state index is 0.00136. The molecule has 2 heterocycles. The summed E-state index contributed by atoms with van der Waals surface area (Å²) in [6, 6.07) is 9.11. The summed E-state index contributed by atoms with van der Waals surface area (Å²) in [6.45, 7) is 2.99. The van der Waals surface area contributed by atoms with Gasteiger partial charge in [0.25, 0.3) is 5.91 Å². The van der Waals surface area contributed by atoms with E-state index in [2.05, 4.69) is 4.98 Å². The zero-order valence-electron chi connectivity index (χ0n) is 14.4. The summed E-state index contributed by atoms with van der Waals surface area (Å²) in [4.78, 5) is 30.0. The quantitative estimate of drug-likeness (QED) is 0.785. The molecule has 1 aromatic heterocycles. The minimum Gasteiger partial charge on any atom is -0.491 e. The Bertz CT molecular complexity index is 746. The van der Waals surface area contributed by atoms with Crippen LogP contribution in [0, 0.1) is 6.92 Å². The van der Waals surface area contributed by atoms with Crippen molar-refractivity contribution in [2.45, 2.75) is 32.2 Å². The Morgan fingerprint density at radius 2 is 2.20 bits per heavy atom. The fourth-order valence-electron chi connectivity index (χ4n) is 3.21. The minimum atomic E-state index is -0.0127. The molecule has 25 heavy (non-hydrogen) atoms. The largest absolute Gasteiger partial charge is 0.491 e. The summed E-state index contributed by atoms with van der Waals surface area (Å²) in [5.41, 5.74) is 2.06. The van der Waals surface area contributed by atoms with E-state index in [-0.39, 0.29) is 11.9 Å². The Hall–Kier alpha value is -2.69. The summed E-state index contributed by atoms with van der Waals surface area (Å²) in [5, 5.41) is 0. The number of amides is 1. The van der Waals surface area contributed by atoms with Gasteiger partial charge in [0.05, 0.1) is 17.2 Å². The van der Waals surface area contributed by atoms with E-state index in [4.69, 9.17) is 4.74 Å². The van der Waals surface area contributed by atoms with Crippen LogP contribution in [0.25, 0.3) is 0 Å². The molecule has 1 fully saturated rings. The molecule has 0 N–H and O–H groups in total. The molecule has 2 aromatic rings. The van der Waals surface area contributed by atoms with Crippen LogP contribution < -0.4 is 4.74 Å². The van der Waals surface area contributed by atoms with Gasteiger partial charge in [-0.25, -0.2) is 0 Å². The van der Waals surface area contributed by atoms with Gasteiger partial charge in [-0.1, -0.05) is 12.1 Å². The van der Waals surface area contributed by atoms with E-state index < -0.39 is 0 Å². The maximum Gasteiger partial charge on any atom is 0.255 e. The summed E-state index contributed by atoms with van der Waals surface area (Å²) >= 11 is 0. The molecule has 3 rings (SSSR count). The highest BCUT2D eigenvalue weighted by molar-refractivity contribution is 5.94. The van der Waals surface area contributed by atoms with Crippen LogP contribution >= 0.6 is 0 Å². The first kappa shape index (κ1) is 17.1. The summed E-state index contributed by atoms with van der Waals surface area (Å²) in [6.07, 6.45) is 7.04. The highest BCUT2D eigenvalue weighted by Gasteiger charge is 2.28. The summed E-state index contributed by atoms with van der Waals surface area (Å²) in [5.74, 6) is 0.565. The van der Waals surface area contributed by atoms with Gasteiger partial charge < -0.3 is 9.64 Å². The monoisotopic (exact) mass is 338 g/mol. The standard InChI is InChI=1S/C20H22N2O3/c1-15-6-4-9-19(18(15)13-23)25-14-17-8-2-3-11-22(17)20(24)16-7-5-10-21-12-16/h4-7,9-10,12-13,17H,2-3,8,11,14H2,1H3/t17-/m0/s1. The number of aromatic nitrogens is 1. The van der Waals surface area contributed by atoms with Crippen LogP contribution in [-0.2, 0) is 0 Å². The Balaban J connectivity index is 1.73. The number of aryl methyl sites for hydroxylation is 1. The molecule has 130 valence electrons. The molecule has 0 unspecified atom stereocenters. The van der Waals surface area contributed by atoms with Gasteiger partial charge in [-0.2, -0.15) is 0 Å². The molecule has 1 aliphatic rings. The van der Waals surface area contributed by atoms with Crippen molar-refractivity contribution >= 4 is 12.2 Å². The second-order valence-electron chi connectivity index (χ2n) is 6.31. The van der Waals surface area contributed by atoms with E-state index in [1.165, 1.54) is 0 Å². The number of hydrogen-bond acceptors (Lipinski definition) is 4. The highest BCUT2D eigenvalue weighted by atomic mass is 16.5. The van der Waals surface area contributed by atoms with Crippen molar-refractivity contribution in [2.75, 3.05) is 13.2 Å². The van der Waals surface area contributed by atoms with Gasteiger partial charge in [0, 0.05) is 18.9 Å². The number of hydrogen-bond donors (Lipinski definition) is 0. The molecule has 1 aliphatic heterocycles. The Labute approximate surface area is 147 Å². The van der Waals surface area contributed by atoms with Crippen LogP contribution in [0.1, 0.15) is 45.5 Å². The van der Waals surface area contributed by atoms with Crippen LogP contribution in [0.15, 0.2) is 42.7 Å². The van der Waals surface area contributed by atoms with E-state index in [0.29, 0.717) is 23.5 Å². The third-order valence-electron chi connectivity index (χ3n) is 4.63. The van der Waals surface area contributed by atoms with Crippen LogP contribution in [-0.4, -0.2) is 41.3 Å². The molecule has 5 nitrogen and oxygen atoms in total. The van der Waals surface area contributed by atoms with Gasteiger partial charge >= 0.3 is 0 Å². The number of benzene rings is 1. The fourth-order valence-corrected chi connectivity index (χ4v) is 3.21. The van der Waals surface area contributed by atoms with Crippen LogP contribution in [0.5, 0.6) is 5.75 Å².